The number of hydrogen-bond acceptors (Lipinski definition) is 2. The van der Waals surface area contributed by atoms with E-state index in [1.807, 2.05) is 18.7 Å². The molecule has 1 aliphatic carbocycles. The van der Waals surface area contributed by atoms with Gasteiger partial charge >= 0.3 is 5.97 Å². The van der Waals surface area contributed by atoms with Crippen LogP contribution in [-0.4, -0.2) is 35.0 Å². The lowest BCUT2D eigenvalue weighted by Crippen LogP contribution is -2.43. The highest BCUT2D eigenvalue weighted by Gasteiger charge is 2.66. The van der Waals surface area contributed by atoms with Gasteiger partial charge < -0.3 is 10.0 Å². The van der Waals surface area contributed by atoms with Gasteiger partial charge in [0.05, 0.1) is 11.8 Å². The van der Waals surface area contributed by atoms with Gasteiger partial charge in [-0.05, 0) is 23.7 Å². The molecule has 2 fully saturated rings. The molecule has 4 nitrogen and oxygen atoms in total. The van der Waals surface area contributed by atoms with Crippen LogP contribution in [0.25, 0.3) is 0 Å². The number of aliphatic carboxylic acids is 1. The number of amides is 1. The minimum absolute atomic E-state index is 0.0474. The van der Waals surface area contributed by atoms with Gasteiger partial charge in [0.1, 0.15) is 0 Å². The number of carbonyl (C=O) groups excluding carboxylic acids is 1. The first-order valence-electron chi connectivity index (χ1n) is 6.78. The van der Waals surface area contributed by atoms with Crippen LogP contribution in [0.5, 0.6) is 0 Å². The van der Waals surface area contributed by atoms with Crippen molar-refractivity contribution in [1.82, 2.24) is 4.90 Å². The average molecular weight is 253 g/mol. The first kappa shape index (κ1) is 13.4. The Balaban J connectivity index is 2.03. The molecule has 1 saturated carbocycles. The van der Waals surface area contributed by atoms with Gasteiger partial charge in [0, 0.05) is 13.1 Å². The Morgan fingerprint density at radius 3 is 2.22 bits per heavy atom. The molecule has 4 unspecified atom stereocenters. The first-order chi connectivity index (χ1) is 8.26. The fourth-order valence-electron chi connectivity index (χ4n) is 3.22. The van der Waals surface area contributed by atoms with Gasteiger partial charge in [-0.2, -0.15) is 0 Å². The van der Waals surface area contributed by atoms with E-state index in [0.717, 1.165) is 19.5 Å². The number of piperidine rings is 1. The molecule has 0 aromatic heterocycles. The van der Waals surface area contributed by atoms with Crippen LogP contribution in [0.3, 0.4) is 0 Å². The smallest absolute Gasteiger partial charge is 0.307 e. The van der Waals surface area contributed by atoms with Crippen molar-refractivity contribution in [2.24, 2.45) is 29.1 Å². The summed E-state index contributed by atoms with van der Waals surface area (Å²) in [7, 11) is 0. The molecule has 0 radical (unpaired) electrons. The molecule has 2 aliphatic rings. The lowest BCUT2D eigenvalue weighted by Gasteiger charge is -2.35. The zero-order valence-electron chi connectivity index (χ0n) is 11.6. The SMILES string of the molecule is CC1CCN(C(=O)C2C(C(=O)O)C2(C)C)CC1C. The Morgan fingerprint density at radius 2 is 1.78 bits per heavy atom. The molecule has 1 aliphatic heterocycles. The van der Waals surface area contributed by atoms with Crippen LogP contribution in [-0.2, 0) is 9.59 Å². The molecule has 0 aromatic rings. The first-order valence-corrected chi connectivity index (χ1v) is 6.78. The van der Waals surface area contributed by atoms with Crippen molar-refractivity contribution < 1.29 is 14.7 Å². The second-order valence-corrected chi connectivity index (χ2v) is 6.64. The summed E-state index contributed by atoms with van der Waals surface area (Å²) >= 11 is 0. The maximum Gasteiger partial charge on any atom is 0.307 e. The molecule has 1 N–H and O–H groups in total. The van der Waals surface area contributed by atoms with E-state index >= 15 is 0 Å². The maximum absolute atomic E-state index is 12.4. The summed E-state index contributed by atoms with van der Waals surface area (Å²) in [4.78, 5) is 25.4. The lowest BCUT2D eigenvalue weighted by atomic mass is 9.88. The molecule has 102 valence electrons. The van der Waals surface area contributed by atoms with Gasteiger partial charge in [-0.25, -0.2) is 0 Å². The average Bonchev–Trinajstić information content (AvgIpc) is 2.85. The molecular weight excluding hydrogens is 230 g/mol. The van der Waals surface area contributed by atoms with Crippen LogP contribution in [0.2, 0.25) is 0 Å². The van der Waals surface area contributed by atoms with Crippen molar-refractivity contribution in [2.75, 3.05) is 13.1 Å². The van der Waals surface area contributed by atoms with E-state index < -0.39 is 11.9 Å². The minimum atomic E-state index is -0.836. The van der Waals surface area contributed by atoms with Gasteiger partial charge in [-0.1, -0.05) is 27.7 Å². The van der Waals surface area contributed by atoms with Crippen LogP contribution in [0.15, 0.2) is 0 Å². The van der Waals surface area contributed by atoms with E-state index in [1.54, 1.807) is 0 Å². The van der Waals surface area contributed by atoms with Gasteiger partial charge in [0.2, 0.25) is 5.91 Å². The van der Waals surface area contributed by atoms with E-state index in [4.69, 9.17) is 5.11 Å². The predicted molar refractivity (Wildman–Crippen MR) is 67.9 cm³/mol. The van der Waals surface area contributed by atoms with Crippen LogP contribution >= 0.6 is 0 Å². The maximum atomic E-state index is 12.4. The number of carboxylic acid groups (broad SMARTS) is 1. The van der Waals surface area contributed by atoms with E-state index in [-0.39, 0.29) is 17.2 Å². The van der Waals surface area contributed by atoms with Crippen LogP contribution in [0.4, 0.5) is 0 Å². The molecule has 0 bridgehead atoms. The standard InChI is InChI=1S/C14H23NO3/c1-8-5-6-15(7-9(8)2)12(16)10-11(13(17)18)14(10,3)4/h8-11H,5-7H2,1-4H3,(H,17,18). The molecule has 1 heterocycles. The third-order valence-corrected chi connectivity index (χ3v) is 5.01. The zero-order chi connectivity index (χ0) is 13.7. The van der Waals surface area contributed by atoms with Crippen molar-refractivity contribution in [2.45, 2.75) is 34.1 Å². The van der Waals surface area contributed by atoms with Crippen LogP contribution < -0.4 is 0 Å². The fraction of sp³-hybridized carbons (Fsp3) is 0.857. The van der Waals surface area contributed by atoms with Gasteiger partial charge in [0.25, 0.3) is 0 Å². The third kappa shape index (κ3) is 2.02. The van der Waals surface area contributed by atoms with E-state index in [0.29, 0.717) is 11.8 Å². The van der Waals surface area contributed by atoms with Crippen LogP contribution in [0.1, 0.15) is 34.1 Å². The number of rotatable bonds is 2. The van der Waals surface area contributed by atoms with E-state index in [9.17, 15) is 9.59 Å². The number of likely N-dealkylation sites (tertiary alicyclic amines) is 1. The molecule has 18 heavy (non-hydrogen) atoms. The summed E-state index contributed by atoms with van der Waals surface area (Å²) < 4.78 is 0. The Hall–Kier alpha value is -1.06. The van der Waals surface area contributed by atoms with E-state index in [1.165, 1.54) is 0 Å². The molecule has 1 amide bonds. The molecule has 4 heteroatoms. The van der Waals surface area contributed by atoms with Crippen molar-refractivity contribution in [3.8, 4) is 0 Å². The van der Waals surface area contributed by atoms with Gasteiger partial charge in [-0.15, -0.1) is 0 Å². The number of nitrogens with zero attached hydrogens (tertiary/aromatic N) is 1. The van der Waals surface area contributed by atoms with Crippen molar-refractivity contribution in [3.63, 3.8) is 0 Å². The molecule has 2 rings (SSSR count). The van der Waals surface area contributed by atoms with Crippen molar-refractivity contribution >= 4 is 11.9 Å². The lowest BCUT2D eigenvalue weighted by molar-refractivity contribution is -0.142. The molecule has 0 aromatic carbocycles. The highest BCUT2D eigenvalue weighted by Crippen LogP contribution is 2.59. The van der Waals surface area contributed by atoms with Crippen molar-refractivity contribution in [3.05, 3.63) is 0 Å². The normalized spacial score (nSPS) is 38.3. The second kappa shape index (κ2) is 4.25. The fourth-order valence-corrected chi connectivity index (χ4v) is 3.22. The molecule has 4 atom stereocenters. The Bertz CT molecular complexity index is 377. The summed E-state index contributed by atoms with van der Waals surface area (Å²) in [6.45, 7) is 9.70. The summed E-state index contributed by atoms with van der Waals surface area (Å²) in [5, 5.41) is 9.13. The summed E-state index contributed by atoms with van der Waals surface area (Å²) in [5.41, 5.74) is -0.380. The Kier molecular flexibility index (Phi) is 3.16. The summed E-state index contributed by atoms with van der Waals surface area (Å²) in [6.07, 6.45) is 1.03. The molecular formula is C14H23NO3. The predicted octanol–water partition coefficient (Wildman–Crippen LogP) is 1.85. The summed E-state index contributed by atoms with van der Waals surface area (Å²) in [6, 6.07) is 0. The number of hydrogen-bond donors (Lipinski definition) is 1. The third-order valence-electron chi connectivity index (χ3n) is 5.01. The van der Waals surface area contributed by atoms with Gasteiger partial charge in [0.15, 0.2) is 0 Å². The molecule has 1 saturated heterocycles. The van der Waals surface area contributed by atoms with E-state index in [2.05, 4.69) is 13.8 Å². The topological polar surface area (TPSA) is 57.6 Å². The number of carboxylic acids is 1. The largest absolute Gasteiger partial charge is 0.481 e. The number of carbonyl (C=O) groups is 2. The van der Waals surface area contributed by atoms with Crippen LogP contribution in [0, 0.1) is 29.1 Å². The zero-order valence-corrected chi connectivity index (χ0v) is 11.6. The van der Waals surface area contributed by atoms with Crippen molar-refractivity contribution in [1.29, 1.82) is 0 Å². The Morgan fingerprint density at radius 1 is 1.17 bits per heavy atom. The minimum Gasteiger partial charge on any atom is -0.481 e. The highest BCUT2D eigenvalue weighted by atomic mass is 16.4. The quantitative estimate of drug-likeness (QED) is 0.817. The second-order valence-electron chi connectivity index (χ2n) is 6.64. The van der Waals surface area contributed by atoms with Gasteiger partial charge in [-0.3, -0.25) is 9.59 Å². The highest BCUT2D eigenvalue weighted by molar-refractivity contribution is 5.91. The summed E-state index contributed by atoms with van der Waals surface area (Å²) in [5.74, 6) is -0.456. The monoisotopic (exact) mass is 253 g/mol. The molecule has 0 spiro atoms. The Labute approximate surface area is 108 Å².